The summed E-state index contributed by atoms with van der Waals surface area (Å²) in [6, 6.07) is 10.8. The summed E-state index contributed by atoms with van der Waals surface area (Å²) in [5.74, 6) is -1.54. The first-order valence-corrected chi connectivity index (χ1v) is 10.1. The van der Waals surface area contributed by atoms with Crippen LogP contribution in [0.2, 0.25) is 0 Å². The summed E-state index contributed by atoms with van der Waals surface area (Å²) in [6.07, 6.45) is 0. The molecule has 0 radical (unpaired) electrons. The summed E-state index contributed by atoms with van der Waals surface area (Å²) in [5, 5.41) is 11.9. The molecule has 9 heteroatoms. The topological polar surface area (TPSA) is 104 Å². The first-order valence-electron chi connectivity index (χ1n) is 7.53. The Balaban J connectivity index is 2.50. The first kappa shape index (κ1) is 20.2. The Morgan fingerprint density at radius 3 is 2.08 bits per heavy atom. The Bertz CT molecular complexity index is 911. The van der Waals surface area contributed by atoms with E-state index in [1.165, 1.54) is 38.1 Å². The molecule has 2 rings (SSSR count). The molecule has 0 fully saturated rings. The fourth-order valence-electron chi connectivity index (χ4n) is 2.29. The van der Waals surface area contributed by atoms with E-state index < -0.39 is 22.0 Å². The Kier molecular flexibility index (Phi) is 6.24. The molecule has 0 heterocycles. The predicted molar refractivity (Wildman–Crippen MR) is 107 cm³/mol. The van der Waals surface area contributed by atoms with Crippen LogP contribution >= 0.6 is 22.6 Å². The van der Waals surface area contributed by atoms with E-state index in [4.69, 9.17) is 0 Å². The maximum absolute atomic E-state index is 13.1. The number of hydrogen-bond donors (Lipinski definition) is 2. The number of carbonyl (C=O) groups excluding carboxylic acids is 1. The Morgan fingerprint density at radius 2 is 1.62 bits per heavy atom. The Morgan fingerprint density at radius 1 is 1.08 bits per heavy atom. The van der Waals surface area contributed by atoms with Gasteiger partial charge in [0.15, 0.2) is 0 Å². The average Bonchev–Trinajstić information content (AvgIpc) is 2.56. The molecule has 2 N–H and O–H groups in total. The number of carbonyl (C=O) groups is 2. The fourth-order valence-corrected chi connectivity index (χ4v) is 4.26. The van der Waals surface area contributed by atoms with Crippen molar-refractivity contribution >= 4 is 55.9 Å². The second-order valence-electron chi connectivity index (χ2n) is 5.50. The van der Waals surface area contributed by atoms with E-state index in [2.05, 4.69) is 27.9 Å². The Hall–Kier alpha value is -2.14. The SMILES string of the molecule is CC(=O)Nc1ccc(S(=O)(=O)N(c2ccc(I)cc2)C(C)C(=O)O)cc1. The van der Waals surface area contributed by atoms with Gasteiger partial charge in [-0.2, -0.15) is 0 Å². The largest absolute Gasteiger partial charge is 0.480 e. The maximum Gasteiger partial charge on any atom is 0.327 e. The van der Waals surface area contributed by atoms with Crippen molar-refractivity contribution in [1.29, 1.82) is 0 Å². The monoisotopic (exact) mass is 488 g/mol. The van der Waals surface area contributed by atoms with E-state index in [-0.39, 0.29) is 16.5 Å². The van der Waals surface area contributed by atoms with Crippen molar-refractivity contribution < 1.29 is 23.1 Å². The van der Waals surface area contributed by atoms with Crippen LogP contribution in [-0.2, 0) is 19.6 Å². The number of amides is 1. The van der Waals surface area contributed by atoms with Crippen molar-refractivity contribution in [3.8, 4) is 0 Å². The molecule has 138 valence electrons. The minimum atomic E-state index is -4.12. The molecule has 2 aromatic rings. The van der Waals surface area contributed by atoms with Crippen LogP contribution in [0, 0.1) is 3.57 Å². The van der Waals surface area contributed by atoms with Crippen molar-refractivity contribution in [1.82, 2.24) is 0 Å². The molecular formula is C17H17IN2O5S. The maximum atomic E-state index is 13.1. The average molecular weight is 488 g/mol. The van der Waals surface area contributed by atoms with Gasteiger partial charge in [0.25, 0.3) is 10.0 Å². The third kappa shape index (κ3) is 4.52. The number of aliphatic carboxylic acids is 1. The Labute approximate surface area is 165 Å². The van der Waals surface area contributed by atoms with Gasteiger partial charge in [-0.15, -0.1) is 0 Å². The summed E-state index contributed by atoms with van der Waals surface area (Å²) in [6.45, 7) is 2.65. The molecule has 0 aliphatic heterocycles. The smallest absolute Gasteiger partial charge is 0.327 e. The van der Waals surface area contributed by atoms with Crippen LogP contribution in [-0.4, -0.2) is 31.4 Å². The molecule has 1 unspecified atom stereocenters. The first-order chi connectivity index (χ1) is 12.1. The van der Waals surface area contributed by atoms with Gasteiger partial charge in [-0.25, -0.2) is 13.2 Å². The van der Waals surface area contributed by atoms with Gasteiger partial charge in [-0.1, -0.05) is 0 Å². The molecule has 2 aromatic carbocycles. The molecule has 0 saturated carbocycles. The number of benzene rings is 2. The molecule has 26 heavy (non-hydrogen) atoms. The van der Waals surface area contributed by atoms with Crippen molar-refractivity contribution in [3.05, 3.63) is 52.1 Å². The number of nitrogens with zero attached hydrogens (tertiary/aromatic N) is 1. The van der Waals surface area contributed by atoms with E-state index in [1.54, 1.807) is 24.3 Å². The van der Waals surface area contributed by atoms with E-state index >= 15 is 0 Å². The molecule has 0 aliphatic rings. The van der Waals surface area contributed by atoms with Gasteiger partial charge in [-0.05, 0) is 78.0 Å². The van der Waals surface area contributed by atoms with E-state index in [0.29, 0.717) is 5.69 Å². The van der Waals surface area contributed by atoms with Gasteiger partial charge in [-0.3, -0.25) is 9.10 Å². The van der Waals surface area contributed by atoms with Gasteiger partial charge >= 0.3 is 5.97 Å². The number of hydrogen-bond acceptors (Lipinski definition) is 4. The molecule has 7 nitrogen and oxygen atoms in total. The summed E-state index contributed by atoms with van der Waals surface area (Å²) >= 11 is 2.08. The lowest BCUT2D eigenvalue weighted by atomic mass is 10.2. The second-order valence-corrected chi connectivity index (χ2v) is 8.56. The number of rotatable bonds is 6. The zero-order valence-corrected chi connectivity index (χ0v) is 17.0. The number of anilines is 2. The van der Waals surface area contributed by atoms with Crippen molar-refractivity contribution in [2.24, 2.45) is 0 Å². The van der Waals surface area contributed by atoms with E-state index in [0.717, 1.165) is 7.88 Å². The number of carboxylic acids is 1. The normalized spacial score (nSPS) is 12.3. The van der Waals surface area contributed by atoms with Crippen LogP contribution in [0.25, 0.3) is 0 Å². The molecule has 0 saturated heterocycles. The van der Waals surface area contributed by atoms with Gasteiger partial charge in [0, 0.05) is 16.2 Å². The minimum Gasteiger partial charge on any atom is -0.480 e. The standard InChI is InChI=1S/C17H17IN2O5S/c1-11(17(22)23)20(15-7-3-13(18)4-8-15)26(24,25)16-9-5-14(6-10-16)19-12(2)21/h3-11H,1-2H3,(H,19,21)(H,22,23). The fraction of sp³-hybridized carbons (Fsp3) is 0.176. The molecular weight excluding hydrogens is 471 g/mol. The van der Waals surface area contributed by atoms with Crippen molar-refractivity contribution in [3.63, 3.8) is 0 Å². The summed E-state index contributed by atoms with van der Waals surface area (Å²) in [5.41, 5.74) is 0.704. The third-order valence-electron chi connectivity index (χ3n) is 3.52. The summed E-state index contributed by atoms with van der Waals surface area (Å²) < 4.78 is 27.9. The van der Waals surface area contributed by atoms with Crippen molar-refractivity contribution in [2.75, 3.05) is 9.62 Å². The predicted octanol–water partition coefficient (Wildman–Crippen LogP) is 2.92. The van der Waals surface area contributed by atoms with Gasteiger partial charge < -0.3 is 10.4 Å². The molecule has 0 spiro atoms. The number of carboxylic acid groups (broad SMARTS) is 1. The highest BCUT2D eigenvalue weighted by atomic mass is 127. The highest BCUT2D eigenvalue weighted by molar-refractivity contribution is 14.1. The minimum absolute atomic E-state index is 0.0711. The van der Waals surface area contributed by atoms with E-state index in [9.17, 15) is 23.1 Å². The van der Waals surface area contributed by atoms with Crippen LogP contribution in [0.3, 0.4) is 0 Å². The lowest BCUT2D eigenvalue weighted by molar-refractivity contribution is -0.137. The van der Waals surface area contributed by atoms with Crippen LogP contribution in [0.1, 0.15) is 13.8 Å². The van der Waals surface area contributed by atoms with Crippen LogP contribution in [0.4, 0.5) is 11.4 Å². The molecule has 1 atom stereocenters. The lowest BCUT2D eigenvalue weighted by Crippen LogP contribution is -2.43. The quantitative estimate of drug-likeness (QED) is 0.609. The van der Waals surface area contributed by atoms with Crippen LogP contribution < -0.4 is 9.62 Å². The number of nitrogens with one attached hydrogen (secondary N) is 1. The third-order valence-corrected chi connectivity index (χ3v) is 6.15. The van der Waals surface area contributed by atoms with Gasteiger partial charge in [0.05, 0.1) is 10.6 Å². The zero-order valence-electron chi connectivity index (χ0n) is 14.0. The van der Waals surface area contributed by atoms with Crippen LogP contribution in [0.5, 0.6) is 0 Å². The van der Waals surface area contributed by atoms with Gasteiger partial charge in [0.2, 0.25) is 5.91 Å². The highest BCUT2D eigenvalue weighted by Gasteiger charge is 2.33. The van der Waals surface area contributed by atoms with Crippen molar-refractivity contribution in [2.45, 2.75) is 24.8 Å². The zero-order chi connectivity index (χ0) is 19.5. The summed E-state index contributed by atoms with van der Waals surface area (Å²) in [7, 11) is -4.12. The molecule has 0 bridgehead atoms. The second kappa shape index (κ2) is 8.04. The number of halogens is 1. The highest BCUT2D eigenvalue weighted by Crippen LogP contribution is 2.27. The number of sulfonamides is 1. The molecule has 0 aliphatic carbocycles. The summed E-state index contributed by atoms with van der Waals surface area (Å²) in [4.78, 5) is 22.5. The molecule has 1 amide bonds. The van der Waals surface area contributed by atoms with E-state index in [1.807, 2.05) is 0 Å². The molecule has 0 aromatic heterocycles. The van der Waals surface area contributed by atoms with Crippen LogP contribution in [0.15, 0.2) is 53.4 Å². The van der Waals surface area contributed by atoms with Gasteiger partial charge in [0.1, 0.15) is 6.04 Å². The lowest BCUT2D eigenvalue weighted by Gasteiger charge is -2.28.